The number of carbonyl (C=O) groups is 3. The van der Waals surface area contributed by atoms with E-state index in [9.17, 15) is 43.5 Å². The highest BCUT2D eigenvalue weighted by atomic mass is 31.2. The molecule has 4 N–H and O–H groups in total. The monoisotopic (exact) mass is 1640 g/mol. The maximum atomic E-state index is 13.0. The van der Waals surface area contributed by atoms with Gasteiger partial charge in [0.15, 0.2) is 6.10 Å². The van der Waals surface area contributed by atoms with Crippen molar-refractivity contribution in [1.29, 1.82) is 0 Å². The normalized spacial score (nSPS) is 14.7. The van der Waals surface area contributed by atoms with Crippen LogP contribution in [-0.2, 0) is 55.8 Å². The van der Waals surface area contributed by atoms with Gasteiger partial charge < -0.3 is 34.2 Å². The van der Waals surface area contributed by atoms with E-state index in [1.807, 2.05) is 0 Å². The van der Waals surface area contributed by atoms with E-state index in [4.69, 9.17) is 32.3 Å². The second-order valence-corrected chi connectivity index (χ2v) is 32.2. The molecule has 0 spiro atoms. The number of aliphatic hydroxyl groups is 2. The Labute approximate surface area is 699 Å². The molecule has 0 aromatic carbocycles. The van der Waals surface area contributed by atoms with Crippen LogP contribution in [0.2, 0.25) is 0 Å². The smallest absolute Gasteiger partial charge is 0.463 e. The summed E-state index contributed by atoms with van der Waals surface area (Å²) in [6.07, 6.45) is 116. The molecule has 0 aliphatic heterocycles. The van der Waals surface area contributed by atoms with E-state index in [2.05, 4.69) is 215 Å². The molecule has 5 atom stereocenters. The molecule has 654 valence electrons. The SMILES string of the molecule is CC/C=C\C/C=C\C/C=C\C/C=C\C/C=C\C/C=C\CCCCCCCCCCCCCCCCCCC(=O)OCC(O)COP(=O)(O)OCC(O)COP(=O)(O)OCC(COC(=O)CCCCCCCC/C=C\C/C=C\C/C=C\C/C=C\C/C=C\C/C=C\CC)OC(=O)CCCCCCCC/C=C\C/C=C\C/C=C\C/C=C\CC. The van der Waals surface area contributed by atoms with E-state index < -0.39 is 91.5 Å². The summed E-state index contributed by atoms with van der Waals surface area (Å²) in [4.78, 5) is 58.9. The summed E-state index contributed by atoms with van der Waals surface area (Å²) in [5.74, 6) is -1.61. The van der Waals surface area contributed by atoms with Crippen LogP contribution >= 0.6 is 15.6 Å². The number of carbonyl (C=O) groups excluding carboxylic acids is 3. The standard InChI is InChI=1S/C97H160O16P2/c1-4-7-10-13-16-19-22-25-28-31-34-36-38-40-41-42-43-44-45-46-47-48-49-51-53-54-57-59-62-65-68-71-74-77-80-83-95(100)107-86-92(98)87-109-114(103,104)110-88-93(99)89-111-115(105,106)112-91-94(113-97(102)85-82-79-76-73-70-67-64-61-56-33-30-27-24-21-18-15-12-9-6-3)90-108-96(101)84-81-78-75-72-69-66-63-60-58-55-52-50-39-37-35-32-29-26-23-20-17-14-11-8-5-2/h7-12,16-21,25-30,34-37,40-41,43-44,50,52,56,58,60-61,92-94,98-99H,4-6,13-15,22-24,31-33,38-39,42,45-49,51,53-55,57,59,62-91H2,1-3H3,(H,103,104)(H,105,106)/b10-7-,11-8-,12-9-,19-16-,20-17-,21-18-,28-25-,29-26-,30-27-,36-34-,37-35-,41-40-,44-43-,52-50-,60-58-,61-56-. The third kappa shape index (κ3) is 89.0. The molecule has 0 aromatic heterocycles. The summed E-state index contributed by atoms with van der Waals surface area (Å²) >= 11 is 0. The van der Waals surface area contributed by atoms with Gasteiger partial charge in [0.05, 0.1) is 26.4 Å². The van der Waals surface area contributed by atoms with E-state index in [1.54, 1.807) is 0 Å². The molecule has 18 heteroatoms. The van der Waals surface area contributed by atoms with Crippen molar-refractivity contribution in [3.63, 3.8) is 0 Å². The Bertz CT molecular complexity index is 2870. The summed E-state index contributed by atoms with van der Waals surface area (Å²) in [5.41, 5.74) is 0. The van der Waals surface area contributed by atoms with Gasteiger partial charge in [-0.3, -0.25) is 32.5 Å². The molecule has 0 aliphatic rings. The van der Waals surface area contributed by atoms with Crippen molar-refractivity contribution in [2.45, 2.75) is 360 Å². The van der Waals surface area contributed by atoms with E-state index in [0.29, 0.717) is 19.3 Å². The van der Waals surface area contributed by atoms with Crippen molar-refractivity contribution in [2.75, 3.05) is 39.6 Å². The first-order valence-electron chi connectivity index (χ1n) is 44.7. The van der Waals surface area contributed by atoms with E-state index in [0.717, 1.165) is 199 Å². The zero-order chi connectivity index (χ0) is 83.6. The van der Waals surface area contributed by atoms with Gasteiger partial charge in [0.25, 0.3) is 0 Å². The minimum atomic E-state index is -4.95. The third-order valence-corrected chi connectivity index (χ3v) is 20.2. The number of hydrogen-bond acceptors (Lipinski definition) is 14. The molecule has 115 heavy (non-hydrogen) atoms. The van der Waals surface area contributed by atoms with Crippen LogP contribution in [0.25, 0.3) is 0 Å². The highest BCUT2D eigenvalue weighted by Gasteiger charge is 2.29. The Hall–Kier alpha value is -5.61. The summed E-state index contributed by atoms with van der Waals surface area (Å²) < 4.78 is 61.4. The molecule has 0 rings (SSSR count). The Morgan fingerprint density at radius 3 is 0.687 bits per heavy atom. The van der Waals surface area contributed by atoms with Crippen LogP contribution in [-0.4, -0.2) is 95.9 Å². The van der Waals surface area contributed by atoms with E-state index in [-0.39, 0.29) is 19.3 Å². The number of phosphoric acid groups is 2. The lowest BCUT2D eigenvalue weighted by Crippen LogP contribution is -2.30. The molecule has 0 heterocycles. The van der Waals surface area contributed by atoms with Gasteiger partial charge in [-0.05, 0) is 161 Å². The minimum Gasteiger partial charge on any atom is -0.463 e. The second kappa shape index (κ2) is 87.7. The van der Waals surface area contributed by atoms with Crippen LogP contribution in [0.1, 0.15) is 342 Å². The van der Waals surface area contributed by atoms with Crippen molar-refractivity contribution < 1.29 is 75.8 Å². The van der Waals surface area contributed by atoms with E-state index >= 15 is 0 Å². The zero-order valence-electron chi connectivity index (χ0n) is 71.9. The fraction of sp³-hybridized carbons (Fsp3) is 0.639. The van der Waals surface area contributed by atoms with Gasteiger partial charge in [0.2, 0.25) is 0 Å². The molecule has 0 amide bonds. The lowest BCUT2D eigenvalue weighted by molar-refractivity contribution is -0.161. The highest BCUT2D eigenvalue weighted by Crippen LogP contribution is 2.45. The number of ether oxygens (including phenoxy) is 3. The fourth-order valence-electron chi connectivity index (χ4n) is 11.6. The van der Waals surface area contributed by atoms with E-state index in [1.165, 1.54) is 83.5 Å². The Kier molecular flexibility index (Phi) is 83.4. The molecule has 0 saturated carbocycles. The van der Waals surface area contributed by atoms with Gasteiger partial charge in [0.1, 0.15) is 25.4 Å². The Morgan fingerprint density at radius 1 is 0.243 bits per heavy atom. The fourth-order valence-corrected chi connectivity index (χ4v) is 13.2. The second-order valence-electron chi connectivity index (χ2n) is 29.3. The molecular weight excluding hydrogens is 1480 g/mol. The first-order valence-corrected chi connectivity index (χ1v) is 47.7. The summed E-state index contributed by atoms with van der Waals surface area (Å²) in [6.45, 7) is 2.32. The number of allylic oxidation sites excluding steroid dienone is 32. The number of esters is 3. The maximum Gasteiger partial charge on any atom is 0.472 e. The quantitative estimate of drug-likeness (QED) is 0.0146. The lowest BCUT2D eigenvalue weighted by atomic mass is 10.0. The molecule has 5 unspecified atom stereocenters. The molecule has 16 nitrogen and oxygen atoms in total. The molecule has 0 fully saturated rings. The van der Waals surface area contributed by atoms with Crippen molar-refractivity contribution in [3.8, 4) is 0 Å². The Morgan fingerprint density at radius 2 is 0.435 bits per heavy atom. The molecule has 0 aromatic rings. The van der Waals surface area contributed by atoms with Crippen LogP contribution in [0, 0.1) is 0 Å². The number of hydrogen-bond donors (Lipinski definition) is 4. The number of rotatable bonds is 83. The maximum absolute atomic E-state index is 13.0. The average Bonchev–Trinajstić information content (AvgIpc) is 0.902. The van der Waals surface area contributed by atoms with Gasteiger partial charge in [-0.2, -0.15) is 0 Å². The average molecular weight is 1640 g/mol. The van der Waals surface area contributed by atoms with Crippen molar-refractivity contribution in [3.05, 3.63) is 194 Å². The number of phosphoric ester groups is 2. The number of aliphatic hydroxyl groups excluding tert-OH is 2. The summed E-state index contributed by atoms with van der Waals surface area (Å²) in [6, 6.07) is 0. The first-order chi connectivity index (χ1) is 56.2. The largest absolute Gasteiger partial charge is 0.472 e. The topological polar surface area (TPSA) is 231 Å². The van der Waals surface area contributed by atoms with Crippen molar-refractivity contribution in [1.82, 2.24) is 0 Å². The number of unbranched alkanes of at least 4 members (excludes halogenated alkanes) is 28. The van der Waals surface area contributed by atoms with Crippen LogP contribution in [0.4, 0.5) is 0 Å². The minimum absolute atomic E-state index is 0.0784. The van der Waals surface area contributed by atoms with Gasteiger partial charge in [-0.25, -0.2) is 9.13 Å². The van der Waals surface area contributed by atoms with Gasteiger partial charge >= 0.3 is 33.6 Å². The molecule has 0 bridgehead atoms. The molecule has 0 aliphatic carbocycles. The predicted molar refractivity (Wildman–Crippen MR) is 481 cm³/mol. The zero-order valence-corrected chi connectivity index (χ0v) is 73.7. The summed E-state index contributed by atoms with van der Waals surface area (Å²) in [5, 5.41) is 20.7. The van der Waals surface area contributed by atoms with Crippen molar-refractivity contribution >= 4 is 33.6 Å². The van der Waals surface area contributed by atoms with Crippen LogP contribution in [0.5, 0.6) is 0 Å². The lowest BCUT2D eigenvalue weighted by Gasteiger charge is -2.21. The third-order valence-electron chi connectivity index (χ3n) is 18.3. The van der Waals surface area contributed by atoms with Gasteiger partial charge in [-0.15, -0.1) is 0 Å². The van der Waals surface area contributed by atoms with Crippen LogP contribution in [0.15, 0.2) is 194 Å². The van der Waals surface area contributed by atoms with Crippen LogP contribution < -0.4 is 0 Å². The van der Waals surface area contributed by atoms with Gasteiger partial charge in [0, 0.05) is 19.3 Å². The molecule has 0 radical (unpaired) electrons. The van der Waals surface area contributed by atoms with Crippen molar-refractivity contribution in [2.24, 2.45) is 0 Å². The molecule has 0 saturated heterocycles. The van der Waals surface area contributed by atoms with Gasteiger partial charge in [-0.1, -0.05) is 356 Å². The first kappa shape index (κ1) is 109. The highest BCUT2D eigenvalue weighted by molar-refractivity contribution is 7.47. The molecular formula is C97H160O16P2. The summed E-state index contributed by atoms with van der Waals surface area (Å²) in [7, 11) is -9.82. The Balaban J connectivity index is 4.55. The predicted octanol–water partition coefficient (Wildman–Crippen LogP) is 27.4. The van der Waals surface area contributed by atoms with Crippen LogP contribution in [0.3, 0.4) is 0 Å².